The summed E-state index contributed by atoms with van der Waals surface area (Å²) < 4.78 is 2.64. The zero-order chi connectivity index (χ0) is 27.9. The number of nitrogens with zero attached hydrogens (tertiary/aromatic N) is 1. The molecule has 0 amide bonds. The zero-order valence-corrected chi connectivity index (χ0v) is 23.8. The molecule has 8 rings (SSSR count). The average molecular weight is 554 g/mol. The van der Waals surface area contributed by atoms with Crippen molar-refractivity contribution in [3.05, 3.63) is 164 Å². The zero-order valence-electron chi connectivity index (χ0n) is 22.9. The second kappa shape index (κ2) is 10.3. The third-order valence-corrected chi connectivity index (χ3v) is 9.21. The van der Waals surface area contributed by atoms with E-state index in [0.29, 0.717) is 0 Å². The standard InChI is InChI=1S/C40H27NS/c1-2-13-31(14-3-1)41(32-24-21-29(22-25-32)34-18-10-12-28-11-4-5-15-33(28)34)38-19-8-6-16-35(38)30-23-26-37-36-17-7-9-20-39(36)42-40(37)27-30/h1-27H. The highest BCUT2D eigenvalue weighted by atomic mass is 32.1. The van der Waals surface area contributed by atoms with Crippen LogP contribution in [0, 0.1) is 0 Å². The molecule has 0 spiro atoms. The molecule has 0 atom stereocenters. The van der Waals surface area contributed by atoms with Gasteiger partial charge in [-0.1, -0.05) is 121 Å². The lowest BCUT2D eigenvalue weighted by molar-refractivity contribution is 1.28. The quantitative estimate of drug-likeness (QED) is 0.205. The Morgan fingerprint density at radius 3 is 1.88 bits per heavy atom. The van der Waals surface area contributed by atoms with Crippen molar-refractivity contribution in [1.82, 2.24) is 0 Å². The van der Waals surface area contributed by atoms with Crippen LogP contribution in [0.1, 0.15) is 0 Å². The third kappa shape index (κ3) is 4.25. The molecule has 0 saturated carbocycles. The van der Waals surface area contributed by atoms with Gasteiger partial charge in [-0.2, -0.15) is 0 Å². The lowest BCUT2D eigenvalue weighted by Gasteiger charge is -2.28. The van der Waals surface area contributed by atoms with Gasteiger partial charge in [0.05, 0.1) is 5.69 Å². The highest BCUT2D eigenvalue weighted by molar-refractivity contribution is 7.25. The first-order chi connectivity index (χ1) is 20.8. The van der Waals surface area contributed by atoms with Gasteiger partial charge >= 0.3 is 0 Å². The van der Waals surface area contributed by atoms with Gasteiger partial charge in [-0.3, -0.25) is 0 Å². The maximum absolute atomic E-state index is 2.37. The van der Waals surface area contributed by atoms with Crippen molar-refractivity contribution in [2.24, 2.45) is 0 Å². The fourth-order valence-electron chi connectivity index (χ4n) is 6.08. The summed E-state index contributed by atoms with van der Waals surface area (Å²) in [6, 6.07) is 59.1. The number of thiophene rings is 1. The Hall–Kier alpha value is -5.18. The summed E-state index contributed by atoms with van der Waals surface area (Å²) in [7, 11) is 0. The predicted octanol–water partition coefficient (Wildman–Crippen LogP) is 12.0. The molecular weight excluding hydrogens is 527 g/mol. The molecule has 0 radical (unpaired) electrons. The summed E-state index contributed by atoms with van der Waals surface area (Å²) in [4.78, 5) is 2.37. The second-order valence-corrected chi connectivity index (χ2v) is 11.7. The fraction of sp³-hybridized carbons (Fsp3) is 0. The number of hydrogen-bond donors (Lipinski definition) is 0. The van der Waals surface area contributed by atoms with Gasteiger partial charge in [0.15, 0.2) is 0 Å². The molecule has 0 aliphatic rings. The Morgan fingerprint density at radius 2 is 1.00 bits per heavy atom. The van der Waals surface area contributed by atoms with Crippen LogP contribution in [0.2, 0.25) is 0 Å². The fourth-order valence-corrected chi connectivity index (χ4v) is 7.22. The number of rotatable bonds is 5. The highest BCUT2D eigenvalue weighted by Crippen LogP contribution is 2.43. The first-order valence-corrected chi connectivity index (χ1v) is 15.1. The summed E-state index contributed by atoms with van der Waals surface area (Å²) >= 11 is 1.86. The monoisotopic (exact) mass is 553 g/mol. The van der Waals surface area contributed by atoms with Crippen LogP contribution in [0.5, 0.6) is 0 Å². The molecule has 2 heteroatoms. The van der Waals surface area contributed by atoms with E-state index in [1.54, 1.807) is 0 Å². The second-order valence-electron chi connectivity index (χ2n) is 10.6. The summed E-state index contributed by atoms with van der Waals surface area (Å²) in [6.07, 6.45) is 0. The van der Waals surface area contributed by atoms with Gasteiger partial charge in [-0.05, 0) is 69.9 Å². The highest BCUT2D eigenvalue weighted by Gasteiger charge is 2.18. The van der Waals surface area contributed by atoms with Crippen LogP contribution in [-0.2, 0) is 0 Å². The molecule has 1 heterocycles. The van der Waals surface area contributed by atoms with Crippen LogP contribution in [0.15, 0.2) is 164 Å². The molecule has 0 aliphatic heterocycles. The van der Waals surface area contributed by atoms with Gasteiger partial charge in [0, 0.05) is 37.1 Å². The minimum atomic E-state index is 1.13. The average Bonchev–Trinajstić information content (AvgIpc) is 3.44. The van der Waals surface area contributed by atoms with E-state index < -0.39 is 0 Å². The predicted molar refractivity (Wildman–Crippen MR) is 182 cm³/mol. The molecule has 8 aromatic rings. The van der Waals surface area contributed by atoms with E-state index in [2.05, 4.69) is 169 Å². The molecule has 198 valence electrons. The largest absolute Gasteiger partial charge is 0.310 e. The van der Waals surface area contributed by atoms with Crippen molar-refractivity contribution in [3.8, 4) is 22.3 Å². The number of para-hydroxylation sites is 2. The van der Waals surface area contributed by atoms with Crippen molar-refractivity contribution in [2.45, 2.75) is 0 Å². The molecule has 7 aromatic carbocycles. The van der Waals surface area contributed by atoms with Crippen LogP contribution in [-0.4, -0.2) is 0 Å². The van der Waals surface area contributed by atoms with Gasteiger partial charge in [0.2, 0.25) is 0 Å². The van der Waals surface area contributed by atoms with Crippen LogP contribution in [0.4, 0.5) is 17.1 Å². The molecule has 1 nitrogen and oxygen atoms in total. The van der Waals surface area contributed by atoms with Crippen molar-refractivity contribution in [2.75, 3.05) is 4.90 Å². The smallest absolute Gasteiger partial charge is 0.0540 e. The summed E-state index contributed by atoms with van der Waals surface area (Å²) in [6.45, 7) is 0. The Balaban J connectivity index is 1.26. The minimum Gasteiger partial charge on any atom is -0.310 e. The Kier molecular flexibility index (Phi) is 6.05. The van der Waals surface area contributed by atoms with E-state index in [4.69, 9.17) is 0 Å². The lowest BCUT2D eigenvalue weighted by Crippen LogP contribution is -2.11. The SMILES string of the molecule is c1ccc(N(c2ccc(-c3cccc4ccccc34)cc2)c2ccccc2-c2ccc3c(c2)sc2ccccc23)cc1. The van der Waals surface area contributed by atoms with E-state index in [1.165, 1.54) is 53.2 Å². The first kappa shape index (κ1) is 24.6. The molecule has 42 heavy (non-hydrogen) atoms. The Morgan fingerprint density at radius 1 is 0.381 bits per heavy atom. The summed E-state index contributed by atoms with van der Waals surface area (Å²) in [5, 5.41) is 5.18. The molecular formula is C40H27NS. The van der Waals surface area contributed by atoms with Gasteiger partial charge in [0.25, 0.3) is 0 Å². The first-order valence-electron chi connectivity index (χ1n) is 14.3. The maximum Gasteiger partial charge on any atom is 0.0540 e. The van der Waals surface area contributed by atoms with Crippen molar-refractivity contribution in [1.29, 1.82) is 0 Å². The topological polar surface area (TPSA) is 3.24 Å². The minimum absolute atomic E-state index is 1.13. The van der Waals surface area contributed by atoms with Crippen molar-refractivity contribution in [3.63, 3.8) is 0 Å². The number of benzene rings is 7. The van der Waals surface area contributed by atoms with Gasteiger partial charge in [-0.25, -0.2) is 0 Å². The van der Waals surface area contributed by atoms with E-state index in [-0.39, 0.29) is 0 Å². The van der Waals surface area contributed by atoms with E-state index >= 15 is 0 Å². The normalized spacial score (nSPS) is 11.3. The van der Waals surface area contributed by atoms with Gasteiger partial charge in [-0.15, -0.1) is 11.3 Å². The number of anilines is 3. The Bertz CT molecular complexity index is 2190. The van der Waals surface area contributed by atoms with Crippen molar-refractivity contribution < 1.29 is 0 Å². The van der Waals surface area contributed by atoms with Gasteiger partial charge < -0.3 is 4.90 Å². The van der Waals surface area contributed by atoms with E-state index in [1.807, 2.05) is 11.3 Å². The maximum atomic E-state index is 2.37. The van der Waals surface area contributed by atoms with Crippen LogP contribution in [0.25, 0.3) is 53.2 Å². The molecule has 0 unspecified atom stereocenters. The van der Waals surface area contributed by atoms with Crippen molar-refractivity contribution >= 4 is 59.3 Å². The van der Waals surface area contributed by atoms with Gasteiger partial charge in [0.1, 0.15) is 0 Å². The van der Waals surface area contributed by atoms with Crippen LogP contribution >= 0.6 is 11.3 Å². The Labute approximate surface area is 249 Å². The molecule has 1 aromatic heterocycles. The number of fused-ring (bicyclic) bond motifs is 4. The van der Waals surface area contributed by atoms with Crippen LogP contribution in [0.3, 0.4) is 0 Å². The molecule has 0 fully saturated rings. The molecule has 0 bridgehead atoms. The molecule has 0 N–H and O–H groups in total. The molecule has 0 saturated heterocycles. The van der Waals surface area contributed by atoms with E-state index in [9.17, 15) is 0 Å². The van der Waals surface area contributed by atoms with Crippen LogP contribution < -0.4 is 4.90 Å². The van der Waals surface area contributed by atoms with E-state index in [0.717, 1.165) is 17.1 Å². The summed E-state index contributed by atoms with van der Waals surface area (Å²) in [5.41, 5.74) is 8.31. The summed E-state index contributed by atoms with van der Waals surface area (Å²) in [5.74, 6) is 0. The lowest BCUT2D eigenvalue weighted by atomic mass is 9.97. The molecule has 0 aliphatic carbocycles. The number of hydrogen-bond acceptors (Lipinski definition) is 2. The third-order valence-electron chi connectivity index (χ3n) is 8.08.